The van der Waals surface area contributed by atoms with E-state index in [9.17, 15) is 19.2 Å². The second kappa shape index (κ2) is 8.70. The van der Waals surface area contributed by atoms with Gasteiger partial charge in [0.2, 0.25) is 0 Å². The van der Waals surface area contributed by atoms with E-state index < -0.39 is 30.4 Å². The van der Waals surface area contributed by atoms with Crippen molar-refractivity contribution in [2.75, 3.05) is 18.5 Å². The lowest BCUT2D eigenvalue weighted by atomic mass is 10.1. The third-order valence-corrected chi connectivity index (χ3v) is 6.08. The molecule has 2 amide bonds. The quantitative estimate of drug-likeness (QED) is 0.572. The van der Waals surface area contributed by atoms with Crippen molar-refractivity contribution in [3.8, 4) is 0 Å². The smallest absolute Gasteiger partial charge is 0.355 e. The molecule has 0 saturated heterocycles. The van der Waals surface area contributed by atoms with Crippen molar-refractivity contribution in [2.24, 2.45) is 5.73 Å². The van der Waals surface area contributed by atoms with Gasteiger partial charge in [0, 0.05) is 10.6 Å². The lowest BCUT2D eigenvalue weighted by molar-refractivity contribution is -0.119. The number of aromatic amines is 1. The fourth-order valence-corrected chi connectivity index (χ4v) is 4.89. The van der Waals surface area contributed by atoms with Gasteiger partial charge in [-0.15, -0.1) is 11.3 Å². The van der Waals surface area contributed by atoms with Crippen LogP contribution in [0.3, 0.4) is 0 Å². The summed E-state index contributed by atoms with van der Waals surface area (Å²) in [6.07, 6.45) is 2.56. The van der Waals surface area contributed by atoms with E-state index in [4.69, 9.17) is 15.2 Å². The third kappa shape index (κ3) is 4.09. The van der Waals surface area contributed by atoms with Crippen molar-refractivity contribution in [1.29, 1.82) is 0 Å². The number of carbonyl (C=O) groups excluding carboxylic acids is 4. The van der Waals surface area contributed by atoms with Gasteiger partial charge >= 0.3 is 11.9 Å². The van der Waals surface area contributed by atoms with Gasteiger partial charge in [-0.2, -0.15) is 0 Å². The molecule has 0 aromatic carbocycles. The molecule has 3 rings (SSSR count). The van der Waals surface area contributed by atoms with E-state index in [2.05, 4.69) is 10.3 Å². The first-order chi connectivity index (χ1) is 14.2. The highest BCUT2D eigenvalue weighted by atomic mass is 32.1. The minimum atomic E-state index is -0.740. The molecule has 30 heavy (non-hydrogen) atoms. The van der Waals surface area contributed by atoms with Crippen LogP contribution in [0.2, 0.25) is 0 Å². The minimum Gasteiger partial charge on any atom is -0.461 e. The first-order valence-corrected chi connectivity index (χ1v) is 10.3. The van der Waals surface area contributed by atoms with E-state index >= 15 is 0 Å². The topological polar surface area (TPSA) is 141 Å². The van der Waals surface area contributed by atoms with Crippen molar-refractivity contribution < 1.29 is 28.7 Å². The number of hydrogen-bond acceptors (Lipinski definition) is 7. The first-order valence-electron chi connectivity index (χ1n) is 9.52. The number of amides is 2. The number of esters is 2. The second-order valence-electron chi connectivity index (χ2n) is 6.90. The number of thiophene rings is 1. The first kappa shape index (κ1) is 21.6. The fraction of sp³-hybridized carbons (Fsp3) is 0.400. The molecule has 0 radical (unpaired) electrons. The van der Waals surface area contributed by atoms with E-state index in [-0.39, 0.29) is 17.9 Å². The summed E-state index contributed by atoms with van der Waals surface area (Å²) in [5.74, 6) is -2.48. The van der Waals surface area contributed by atoms with Crippen LogP contribution in [-0.2, 0) is 27.1 Å². The Morgan fingerprint density at radius 1 is 1.10 bits per heavy atom. The number of fused-ring (bicyclic) bond motifs is 1. The van der Waals surface area contributed by atoms with Crippen molar-refractivity contribution in [3.63, 3.8) is 0 Å². The summed E-state index contributed by atoms with van der Waals surface area (Å²) in [7, 11) is 0. The van der Waals surface area contributed by atoms with E-state index in [0.717, 1.165) is 29.7 Å². The molecule has 0 aliphatic heterocycles. The maximum Gasteiger partial charge on any atom is 0.355 e. The monoisotopic (exact) mass is 433 g/mol. The summed E-state index contributed by atoms with van der Waals surface area (Å²) < 4.78 is 10.1. The Labute approximate surface area is 176 Å². The van der Waals surface area contributed by atoms with Crippen molar-refractivity contribution >= 4 is 40.1 Å². The Hall–Kier alpha value is -3.14. The number of carbonyl (C=O) groups is 4. The maximum atomic E-state index is 12.5. The Kier molecular flexibility index (Phi) is 6.25. The number of anilines is 1. The van der Waals surface area contributed by atoms with Crippen LogP contribution in [0.4, 0.5) is 5.00 Å². The van der Waals surface area contributed by atoms with Gasteiger partial charge in [-0.25, -0.2) is 9.59 Å². The highest BCUT2D eigenvalue weighted by Gasteiger charge is 2.27. The summed E-state index contributed by atoms with van der Waals surface area (Å²) in [6.45, 7) is 4.56. The predicted octanol–water partition coefficient (Wildman–Crippen LogP) is 2.25. The molecule has 0 bridgehead atoms. The molecule has 10 heteroatoms. The second-order valence-corrected chi connectivity index (χ2v) is 8.00. The third-order valence-electron chi connectivity index (χ3n) is 4.88. The molecule has 0 atom stereocenters. The molecular formula is C20H23N3O6S. The van der Waals surface area contributed by atoms with Crippen molar-refractivity contribution in [3.05, 3.63) is 38.5 Å². The number of rotatable bonds is 7. The van der Waals surface area contributed by atoms with E-state index in [1.54, 1.807) is 20.8 Å². The van der Waals surface area contributed by atoms with Crippen molar-refractivity contribution in [1.82, 2.24) is 4.98 Å². The molecular weight excluding hydrogens is 410 g/mol. The average Bonchev–Trinajstić information content (AvgIpc) is 3.32. The number of nitrogens with two attached hydrogens (primary N) is 1. The standard InChI is InChI=1S/C20H23N3O6S/c1-4-28-20(27)16-9(2)14(10(3)22-16)19(26)29-8-13(24)23-18-15(17(21)25)11-6-5-7-12(11)30-18/h22H,4-8H2,1-3H3,(H2,21,25)(H,23,24). The van der Waals surface area contributed by atoms with Gasteiger partial charge < -0.3 is 25.5 Å². The largest absolute Gasteiger partial charge is 0.461 e. The Morgan fingerprint density at radius 2 is 1.83 bits per heavy atom. The summed E-state index contributed by atoms with van der Waals surface area (Å²) in [4.78, 5) is 52.4. The highest BCUT2D eigenvalue weighted by Crippen LogP contribution is 2.38. The van der Waals surface area contributed by atoms with Gasteiger partial charge in [0.1, 0.15) is 10.7 Å². The van der Waals surface area contributed by atoms with E-state index in [0.29, 0.717) is 21.8 Å². The maximum absolute atomic E-state index is 12.5. The molecule has 2 aromatic rings. The molecule has 0 fully saturated rings. The molecule has 1 aliphatic rings. The van der Waals surface area contributed by atoms with Gasteiger partial charge in [0.25, 0.3) is 11.8 Å². The number of ether oxygens (including phenoxy) is 2. The summed E-state index contributed by atoms with van der Waals surface area (Å²) in [5, 5.41) is 3.00. The van der Waals surface area contributed by atoms with Crippen LogP contribution >= 0.6 is 11.3 Å². The number of aryl methyl sites for hydroxylation is 2. The van der Waals surface area contributed by atoms with Gasteiger partial charge in [0.05, 0.1) is 17.7 Å². The number of nitrogens with one attached hydrogen (secondary N) is 2. The molecule has 160 valence electrons. The van der Waals surface area contributed by atoms with Crippen LogP contribution in [0.5, 0.6) is 0 Å². The Balaban J connectivity index is 1.67. The fourth-order valence-electron chi connectivity index (χ4n) is 3.58. The number of H-pyrrole nitrogens is 1. The number of hydrogen-bond donors (Lipinski definition) is 3. The average molecular weight is 433 g/mol. The lowest BCUT2D eigenvalue weighted by Gasteiger charge is -2.08. The zero-order valence-electron chi connectivity index (χ0n) is 17.0. The van der Waals surface area contributed by atoms with Gasteiger partial charge in [-0.3, -0.25) is 9.59 Å². The predicted molar refractivity (Wildman–Crippen MR) is 110 cm³/mol. The summed E-state index contributed by atoms with van der Waals surface area (Å²) >= 11 is 1.32. The molecule has 2 aromatic heterocycles. The van der Waals surface area contributed by atoms with Crippen molar-refractivity contribution in [2.45, 2.75) is 40.0 Å². The molecule has 9 nitrogen and oxygen atoms in total. The van der Waals surface area contributed by atoms with Gasteiger partial charge in [-0.05, 0) is 51.2 Å². The van der Waals surface area contributed by atoms with Crippen LogP contribution in [0.15, 0.2) is 0 Å². The van der Waals surface area contributed by atoms with Gasteiger partial charge in [0.15, 0.2) is 6.61 Å². The molecule has 1 aliphatic carbocycles. The summed E-state index contributed by atoms with van der Waals surface area (Å²) in [6, 6.07) is 0. The molecule has 0 unspecified atom stereocenters. The Morgan fingerprint density at radius 3 is 2.50 bits per heavy atom. The van der Waals surface area contributed by atoms with Crippen LogP contribution in [0, 0.1) is 13.8 Å². The van der Waals surface area contributed by atoms with Crippen LogP contribution in [-0.4, -0.2) is 42.0 Å². The summed E-state index contributed by atoms with van der Waals surface area (Å²) in [5.41, 5.74) is 7.89. The number of primary amides is 1. The zero-order chi connectivity index (χ0) is 22.0. The lowest BCUT2D eigenvalue weighted by Crippen LogP contribution is -2.23. The Bertz CT molecular complexity index is 1040. The molecule has 0 spiro atoms. The number of aromatic nitrogens is 1. The van der Waals surface area contributed by atoms with Gasteiger partial charge in [-0.1, -0.05) is 0 Å². The normalized spacial score (nSPS) is 12.4. The highest BCUT2D eigenvalue weighted by molar-refractivity contribution is 7.17. The minimum absolute atomic E-state index is 0.171. The molecule has 4 N–H and O–H groups in total. The van der Waals surface area contributed by atoms with E-state index in [1.165, 1.54) is 11.3 Å². The van der Waals surface area contributed by atoms with Crippen LogP contribution in [0.25, 0.3) is 0 Å². The van der Waals surface area contributed by atoms with Crippen LogP contribution in [0.1, 0.15) is 66.2 Å². The van der Waals surface area contributed by atoms with Crippen LogP contribution < -0.4 is 11.1 Å². The van der Waals surface area contributed by atoms with E-state index in [1.807, 2.05) is 0 Å². The molecule has 0 saturated carbocycles. The zero-order valence-corrected chi connectivity index (χ0v) is 17.8. The molecule has 2 heterocycles. The SMILES string of the molecule is CCOC(=O)c1[nH]c(C)c(C(=O)OCC(=O)Nc2sc3c(c2C(N)=O)CCC3)c1C.